The average Bonchev–Trinajstić information content (AvgIpc) is 2.38. The first kappa shape index (κ1) is 11.2. The van der Waals surface area contributed by atoms with Crippen molar-refractivity contribution >= 4 is 11.8 Å². The van der Waals surface area contributed by atoms with E-state index in [0.29, 0.717) is 0 Å². The predicted octanol–water partition coefficient (Wildman–Crippen LogP) is 2.87. The second kappa shape index (κ2) is 5.68. The highest BCUT2D eigenvalue weighted by atomic mass is 32.2. The molecule has 2 aromatic rings. The number of rotatable bonds is 4. The zero-order valence-corrected chi connectivity index (χ0v) is 9.65. The number of hydrogen-bond donors (Lipinski definition) is 1. The molecule has 0 saturated heterocycles. The van der Waals surface area contributed by atoms with E-state index in [1.54, 1.807) is 11.8 Å². The fourth-order valence-electron chi connectivity index (χ4n) is 1.33. The zero-order valence-electron chi connectivity index (χ0n) is 8.84. The molecule has 1 aromatic heterocycles. The van der Waals surface area contributed by atoms with Gasteiger partial charge in [0.1, 0.15) is 0 Å². The standard InChI is InChI=1S/C13H13NOS/c15-9-11-4-6-13(7-5-11)16-10-12-3-1-2-8-14-12/h1-8,15H,9-10H2. The van der Waals surface area contributed by atoms with Crippen LogP contribution in [0.2, 0.25) is 0 Å². The van der Waals surface area contributed by atoms with E-state index in [-0.39, 0.29) is 6.61 Å². The maximum Gasteiger partial charge on any atom is 0.0681 e. The summed E-state index contributed by atoms with van der Waals surface area (Å²) in [6.07, 6.45) is 1.81. The molecule has 0 saturated carbocycles. The van der Waals surface area contributed by atoms with Crippen LogP contribution < -0.4 is 0 Å². The van der Waals surface area contributed by atoms with Crippen molar-refractivity contribution in [1.82, 2.24) is 4.98 Å². The highest BCUT2D eigenvalue weighted by molar-refractivity contribution is 7.98. The van der Waals surface area contributed by atoms with E-state index < -0.39 is 0 Å². The van der Waals surface area contributed by atoms with Crippen molar-refractivity contribution in [2.45, 2.75) is 17.3 Å². The molecule has 0 spiro atoms. The van der Waals surface area contributed by atoms with Gasteiger partial charge < -0.3 is 5.11 Å². The molecule has 0 unspecified atom stereocenters. The largest absolute Gasteiger partial charge is 0.392 e. The van der Waals surface area contributed by atoms with Gasteiger partial charge in [-0.15, -0.1) is 11.8 Å². The fourth-order valence-corrected chi connectivity index (χ4v) is 2.15. The average molecular weight is 231 g/mol. The Balaban J connectivity index is 1.94. The molecule has 1 heterocycles. The number of aliphatic hydroxyl groups excluding tert-OH is 1. The molecule has 0 fully saturated rings. The van der Waals surface area contributed by atoms with E-state index in [0.717, 1.165) is 17.0 Å². The van der Waals surface area contributed by atoms with Gasteiger partial charge in [0.2, 0.25) is 0 Å². The molecule has 1 N–H and O–H groups in total. The predicted molar refractivity (Wildman–Crippen MR) is 66.2 cm³/mol. The molecule has 0 atom stereocenters. The van der Waals surface area contributed by atoms with Gasteiger partial charge in [-0.1, -0.05) is 18.2 Å². The van der Waals surface area contributed by atoms with E-state index in [1.165, 1.54) is 4.90 Å². The van der Waals surface area contributed by atoms with E-state index in [1.807, 2.05) is 48.7 Å². The molecule has 0 amide bonds. The topological polar surface area (TPSA) is 33.1 Å². The van der Waals surface area contributed by atoms with Crippen molar-refractivity contribution in [3.63, 3.8) is 0 Å². The summed E-state index contributed by atoms with van der Waals surface area (Å²) in [5.41, 5.74) is 2.03. The minimum atomic E-state index is 0.102. The monoisotopic (exact) mass is 231 g/mol. The van der Waals surface area contributed by atoms with Crippen LogP contribution in [0, 0.1) is 0 Å². The number of aliphatic hydroxyl groups is 1. The first-order valence-corrected chi connectivity index (χ1v) is 6.09. The first-order chi connectivity index (χ1) is 7.88. The number of hydrogen-bond acceptors (Lipinski definition) is 3. The van der Waals surface area contributed by atoms with Crippen molar-refractivity contribution in [2.24, 2.45) is 0 Å². The van der Waals surface area contributed by atoms with Crippen LogP contribution >= 0.6 is 11.8 Å². The van der Waals surface area contributed by atoms with Crippen LogP contribution in [0.4, 0.5) is 0 Å². The molecule has 2 rings (SSSR count). The summed E-state index contributed by atoms with van der Waals surface area (Å²) in [6.45, 7) is 0.102. The Labute approximate surface area is 99.4 Å². The van der Waals surface area contributed by atoms with Gasteiger partial charge in [-0.3, -0.25) is 4.98 Å². The normalized spacial score (nSPS) is 10.3. The van der Waals surface area contributed by atoms with Crippen molar-refractivity contribution < 1.29 is 5.11 Å². The molecule has 1 aromatic carbocycles. The third-order valence-electron chi connectivity index (χ3n) is 2.22. The van der Waals surface area contributed by atoms with Crippen LogP contribution in [0.15, 0.2) is 53.6 Å². The van der Waals surface area contributed by atoms with Gasteiger partial charge in [-0.05, 0) is 29.8 Å². The lowest BCUT2D eigenvalue weighted by Gasteiger charge is -2.02. The van der Waals surface area contributed by atoms with Crippen molar-refractivity contribution in [3.05, 3.63) is 59.9 Å². The first-order valence-electron chi connectivity index (χ1n) is 5.11. The summed E-state index contributed by atoms with van der Waals surface area (Å²) in [4.78, 5) is 5.46. The molecule has 0 aliphatic heterocycles. The van der Waals surface area contributed by atoms with Crippen molar-refractivity contribution in [2.75, 3.05) is 0 Å². The van der Waals surface area contributed by atoms with Crippen LogP contribution in [-0.2, 0) is 12.4 Å². The molecular formula is C13H13NOS. The van der Waals surface area contributed by atoms with Crippen LogP contribution in [0.3, 0.4) is 0 Å². The van der Waals surface area contributed by atoms with Crippen LogP contribution in [0.25, 0.3) is 0 Å². The lowest BCUT2D eigenvalue weighted by Crippen LogP contribution is -1.85. The minimum Gasteiger partial charge on any atom is -0.392 e. The summed E-state index contributed by atoms with van der Waals surface area (Å²) >= 11 is 1.75. The van der Waals surface area contributed by atoms with Crippen LogP contribution in [0.1, 0.15) is 11.3 Å². The number of nitrogens with zero attached hydrogens (tertiary/aromatic N) is 1. The Hall–Kier alpha value is -1.32. The van der Waals surface area contributed by atoms with E-state index in [4.69, 9.17) is 5.11 Å². The molecular weight excluding hydrogens is 218 g/mol. The summed E-state index contributed by atoms with van der Waals surface area (Å²) in [6, 6.07) is 13.9. The summed E-state index contributed by atoms with van der Waals surface area (Å²) in [5.74, 6) is 0.874. The number of thioether (sulfide) groups is 1. The highest BCUT2D eigenvalue weighted by Crippen LogP contribution is 2.21. The lowest BCUT2D eigenvalue weighted by molar-refractivity contribution is 0.282. The van der Waals surface area contributed by atoms with Gasteiger partial charge in [-0.25, -0.2) is 0 Å². The van der Waals surface area contributed by atoms with Gasteiger partial charge in [0, 0.05) is 16.8 Å². The molecule has 0 radical (unpaired) electrons. The molecule has 0 aliphatic carbocycles. The molecule has 2 nitrogen and oxygen atoms in total. The van der Waals surface area contributed by atoms with E-state index in [2.05, 4.69) is 4.98 Å². The summed E-state index contributed by atoms with van der Waals surface area (Å²) < 4.78 is 0. The van der Waals surface area contributed by atoms with Gasteiger partial charge in [0.25, 0.3) is 0 Å². The van der Waals surface area contributed by atoms with Crippen LogP contribution in [0.5, 0.6) is 0 Å². The molecule has 16 heavy (non-hydrogen) atoms. The minimum absolute atomic E-state index is 0.102. The third kappa shape index (κ3) is 3.08. The zero-order chi connectivity index (χ0) is 11.2. The molecule has 0 bridgehead atoms. The van der Waals surface area contributed by atoms with Gasteiger partial charge >= 0.3 is 0 Å². The molecule has 0 aliphatic rings. The Morgan fingerprint density at radius 1 is 1.06 bits per heavy atom. The van der Waals surface area contributed by atoms with Crippen LogP contribution in [-0.4, -0.2) is 10.1 Å². The third-order valence-corrected chi connectivity index (χ3v) is 3.26. The second-order valence-electron chi connectivity index (χ2n) is 3.41. The Kier molecular flexibility index (Phi) is 3.97. The quantitative estimate of drug-likeness (QED) is 0.821. The number of pyridine rings is 1. The maximum absolute atomic E-state index is 8.92. The Morgan fingerprint density at radius 2 is 1.88 bits per heavy atom. The Morgan fingerprint density at radius 3 is 2.50 bits per heavy atom. The van der Waals surface area contributed by atoms with Gasteiger partial charge in [0.05, 0.1) is 12.3 Å². The van der Waals surface area contributed by atoms with E-state index >= 15 is 0 Å². The van der Waals surface area contributed by atoms with Crippen molar-refractivity contribution in [1.29, 1.82) is 0 Å². The fraction of sp³-hybridized carbons (Fsp3) is 0.154. The molecule has 82 valence electrons. The maximum atomic E-state index is 8.92. The Bertz CT molecular complexity index is 427. The van der Waals surface area contributed by atoms with Gasteiger partial charge in [0.15, 0.2) is 0 Å². The SMILES string of the molecule is OCc1ccc(SCc2ccccn2)cc1. The van der Waals surface area contributed by atoms with Crippen molar-refractivity contribution in [3.8, 4) is 0 Å². The number of aromatic nitrogens is 1. The molecule has 3 heteroatoms. The smallest absolute Gasteiger partial charge is 0.0681 e. The highest BCUT2D eigenvalue weighted by Gasteiger charge is 1.97. The second-order valence-corrected chi connectivity index (χ2v) is 4.46. The summed E-state index contributed by atoms with van der Waals surface area (Å²) in [5, 5.41) is 8.92. The number of benzene rings is 1. The summed E-state index contributed by atoms with van der Waals surface area (Å²) in [7, 11) is 0. The van der Waals surface area contributed by atoms with E-state index in [9.17, 15) is 0 Å². The lowest BCUT2D eigenvalue weighted by atomic mass is 10.2. The van der Waals surface area contributed by atoms with Gasteiger partial charge in [-0.2, -0.15) is 0 Å².